The number of nitro benzene ring substituents is 1. The van der Waals surface area contributed by atoms with Crippen LogP contribution in [0.2, 0.25) is 0 Å². The van der Waals surface area contributed by atoms with Gasteiger partial charge in [0.1, 0.15) is 5.75 Å². The molecule has 1 N–H and O–H groups in total. The van der Waals surface area contributed by atoms with Gasteiger partial charge in [-0.3, -0.25) is 10.1 Å². The summed E-state index contributed by atoms with van der Waals surface area (Å²) in [5.74, 6) is -0.775. The van der Waals surface area contributed by atoms with Gasteiger partial charge in [0.15, 0.2) is 0 Å². The number of hydrogen-bond acceptors (Lipinski definition) is 7. The molecule has 0 bridgehead atoms. The fourth-order valence-corrected chi connectivity index (χ4v) is 3.30. The van der Waals surface area contributed by atoms with E-state index in [4.69, 9.17) is 10.00 Å². The van der Waals surface area contributed by atoms with Crippen LogP contribution in [0.25, 0.3) is 22.2 Å². The van der Waals surface area contributed by atoms with Gasteiger partial charge >= 0.3 is 5.69 Å². The van der Waals surface area contributed by atoms with Gasteiger partial charge in [-0.05, 0) is 18.2 Å². The van der Waals surface area contributed by atoms with E-state index in [1.54, 1.807) is 18.2 Å². The molecule has 0 fully saturated rings. The van der Waals surface area contributed by atoms with Gasteiger partial charge in [0, 0.05) is 48.0 Å². The van der Waals surface area contributed by atoms with Crippen molar-refractivity contribution < 1.29 is 14.1 Å². The molecule has 4 rings (SSSR count). The Morgan fingerprint density at radius 2 is 2.10 bits per heavy atom. The number of ether oxygens (including phenoxy) is 1. The number of methoxy groups -OCH3 is 1. The Kier molecular flexibility index (Phi) is 4.92. The highest BCUT2D eigenvalue weighted by molar-refractivity contribution is 5.96. The van der Waals surface area contributed by atoms with Crippen molar-refractivity contribution in [3.63, 3.8) is 0 Å². The highest BCUT2D eigenvalue weighted by Gasteiger charge is 2.20. The van der Waals surface area contributed by atoms with Gasteiger partial charge in [0.2, 0.25) is 11.8 Å². The second-order valence-electron chi connectivity index (χ2n) is 6.65. The summed E-state index contributed by atoms with van der Waals surface area (Å²) in [6.07, 6.45) is 3.43. The maximum absolute atomic E-state index is 13.9. The van der Waals surface area contributed by atoms with E-state index >= 15 is 0 Å². The lowest BCUT2D eigenvalue weighted by Crippen LogP contribution is -2.02. The summed E-state index contributed by atoms with van der Waals surface area (Å²) in [6.45, 7) is 0. The molecule has 2 heterocycles. The lowest BCUT2D eigenvalue weighted by atomic mass is 10.1. The number of aromatic nitrogens is 3. The zero-order valence-electron chi connectivity index (χ0n) is 16.5. The van der Waals surface area contributed by atoms with Crippen LogP contribution in [0, 0.1) is 27.3 Å². The van der Waals surface area contributed by atoms with Crippen LogP contribution in [-0.4, -0.2) is 26.6 Å². The average molecular weight is 418 g/mol. The highest BCUT2D eigenvalue weighted by Crippen LogP contribution is 2.34. The molecule has 0 amide bonds. The Hall–Kier alpha value is -4.52. The number of nitrogens with one attached hydrogen (secondary N) is 1. The fourth-order valence-electron chi connectivity index (χ4n) is 3.30. The Balaban J connectivity index is 1.76. The maximum atomic E-state index is 13.9. The lowest BCUT2D eigenvalue weighted by Gasteiger charge is -2.11. The molecule has 0 aliphatic rings. The smallest absolute Gasteiger partial charge is 0.307 e. The Labute approximate surface area is 175 Å². The van der Waals surface area contributed by atoms with Crippen LogP contribution in [0.4, 0.5) is 21.7 Å². The van der Waals surface area contributed by atoms with Crippen molar-refractivity contribution in [2.45, 2.75) is 0 Å². The molecule has 2 aromatic heterocycles. The van der Waals surface area contributed by atoms with Crippen molar-refractivity contribution in [3.05, 3.63) is 70.3 Å². The van der Waals surface area contributed by atoms with E-state index in [1.165, 1.54) is 13.3 Å². The number of rotatable bonds is 5. The Bertz CT molecular complexity index is 1380. The van der Waals surface area contributed by atoms with Crippen LogP contribution in [-0.2, 0) is 7.05 Å². The van der Waals surface area contributed by atoms with E-state index in [1.807, 2.05) is 23.9 Å². The van der Waals surface area contributed by atoms with Crippen molar-refractivity contribution >= 4 is 28.2 Å². The number of nitriles is 1. The molecular weight excluding hydrogens is 403 g/mol. The first-order valence-corrected chi connectivity index (χ1v) is 9.03. The summed E-state index contributed by atoms with van der Waals surface area (Å²) in [6, 6.07) is 11.2. The molecule has 0 spiro atoms. The zero-order chi connectivity index (χ0) is 22.1. The van der Waals surface area contributed by atoms with Gasteiger partial charge in [0.25, 0.3) is 0 Å². The summed E-state index contributed by atoms with van der Waals surface area (Å²) in [7, 11) is 3.20. The first kappa shape index (κ1) is 19.8. The van der Waals surface area contributed by atoms with Crippen molar-refractivity contribution in [1.82, 2.24) is 14.5 Å². The monoisotopic (exact) mass is 418 g/mol. The average Bonchev–Trinajstić information content (AvgIpc) is 3.10. The summed E-state index contributed by atoms with van der Waals surface area (Å²) in [5, 5.41) is 24.0. The van der Waals surface area contributed by atoms with Crippen molar-refractivity contribution in [2.75, 3.05) is 12.4 Å². The predicted octanol–water partition coefficient (Wildman–Crippen LogP) is 4.31. The number of hydrogen-bond donors (Lipinski definition) is 1. The number of nitro groups is 1. The molecule has 0 radical (unpaired) electrons. The molecule has 0 aliphatic carbocycles. The molecule has 0 atom stereocenters. The SMILES string of the molecule is COc1cc(F)c([N+](=O)[O-])cc1Nc1nccc(-c2cn(C)c3cc(C#N)ccc23)n1. The van der Waals surface area contributed by atoms with Crippen LogP contribution < -0.4 is 10.1 Å². The second kappa shape index (κ2) is 7.72. The number of halogens is 1. The largest absolute Gasteiger partial charge is 0.494 e. The first-order valence-electron chi connectivity index (χ1n) is 9.03. The minimum Gasteiger partial charge on any atom is -0.494 e. The van der Waals surface area contributed by atoms with Gasteiger partial charge < -0.3 is 14.6 Å². The topological polar surface area (TPSA) is 119 Å². The van der Waals surface area contributed by atoms with Crippen LogP contribution >= 0.6 is 0 Å². The minimum absolute atomic E-state index is 0.0753. The Morgan fingerprint density at radius 1 is 1.29 bits per heavy atom. The van der Waals surface area contributed by atoms with Gasteiger partial charge in [-0.25, -0.2) is 9.97 Å². The number of aryl methyl sites for hydroxylation is 1. The molecule has 0 unspecified atom stereocenters. The number of benzene rings is 2. The standard InChI is InChI=1S/C21H15FN6O3/c1-27-11-14(13-4-3-12(10-23)7-18(13)27)16-5-6-24-21(25-16)26-17-9-19(28(29)30)15(22)8-20(17)31-2/h3-9,11H,1-2H3,(H,24,25,26). The van der Waals surface area contributed by atoms with Crippen molar-refractivity contribution in [1.29, 1.82) is 5.26 Å². The molecule has 0 saturated carbocycles. The maximum Gasteiger partial charge on any atom is 0.307 e. The van der Waals surface area contributed by atoms with Gasteiger partial charge in [-0.1, -0.05) is 6.07 Å². The quantitative estimate of drug-likeness (QED) is 0.379. The van der Waals surface area contributed by atoms with Gasteiger partial charge in [0.05, 0.1) is 35.0 Å². The van der Waals surface area contributed by atoms with E-state index in [9.17, 15) is 14.5 Å². The predicted molar refractivity (Wildman–Crippen MR) is 112 cm³/mol. The molecule has 4 aromatic rings. The third kappa shape index (κ3) is 3.60. The molecule has 0 saturated heterocycles. The number of fused-ring (bicyclic) bond motifs is 1. The molecule has 0 aliphatic heterocycles. The van der Waals surface area contributed by atoms with E-state index in [2.05, 4.69) is 21.4 Å². The third-order valence-corrected chi connectivity index (χ3v) is 4.76. The molecule has 2 aromatic carbocycles. The summed E-state index contributed by atoms with van der Waals surface area (Å²) in [5.41, 5.74) is 2.31. The first-order chi connectivity index (χ1) is 14.9. The van der Waals surface area contributed by atoms with E-state index in [-0.39, 0.29) is 17.4 Å². The number of anilines is 2. The van der Waals surface area contributed by atoms with Crippen molar-refractivity contribution in [2.24, 2.45) is 7.05 Å². The van der Waals surface area contributed by atoms with Crippen LogP contribution in [0.1, 0.15) is 5.56 Å². The third-order valence-electron chi connectivity index (χ3n) is 4.76. The van der Waals surface area contributed by atoms with Gasteiger partial charge in [-0.15, -0.1) is 0 Å². The van der Waals surface area contributed by atoms with E-state index in [0.29, 0.717) is 11.3 Å². The Morgan fingerprint density at radius 3 is 2.81 bits per heavy atom. The minimum atomic E-state index is -1.01. The molecule has 9 nitrogen and oxygen atoms in total. The summed E-state index contributed by atoms with van der Waals surface area (Å²) in [4.78, 5) is 18.9. The highest BCUT2D eigenvalue weighted by atomic mass is 19.1. The zero-order valence-corrected chi connectivity index (χ0v) is 16.5. The molecule has 154 valence electrons. The van der Waals surface area contributed by atoms with Gasteiger partial charge in [-0.2, -0.15) is 9.65 Å². The van der Waals surface area contributed by atoms with E-state index in [0.717, 1.165) is 28.6 Å². The second-order valence-corrected chi connectivity index (χ2v) is 6.65. The van der Waals surface area contributed by atoms with Crippen molar-refractivity contribution in [3.8, 4) is 23.1 Å². The van der Waals surface area contributed by atoms with E-state index < -0.39 is 16.4 Å². The fraction of sp³-hybridized carbons (Fsp3) is 0.0952. The molecular formula is C21H15FN6O3. The summed E-state index contributed by atoms with van der Waals surface area (Å²) < 4.78 is 20.9. The van der Waals surface area contributed by atoms with Crippen LogP contribution in [0.15, 0.2) is 48.8 Å². The summed E-state index contributed by atoms with van der Waals surface area (Å²) >= 11 is 0. The number of nitrogens with zero attached hydrogens (tertiary/aromatic N) is 5. The molecule has 31 heavy (non-hydrogen) atoms. The van der Waals surface area contributed by atoms with Crippen LogP contribution in [0.3, 0.4) is 0 Å². The molecule has 10 heteroatoms. The normalized spacial score (nSPS) is 10.6. The van der Waals surface area contributed by atoms with Crippen LogP contribution in [0.5, 0.6) is 5.75 Å². The lowest BCUT2D eigenvalue weighted by molar-refractivity contribution is -0.387.